The van der Waals surface area contributed by atoms with Gasteiger partial charge in [0.1, 0.15) is 11.5 Å². The molecule has 0 radical (unpaired) electrons. The summed E-state index contributed by atoms with van der Waals surface area (Å²) in [5.74, 6) is -4.98. The number of aliphatic hydroxyl groups is 4. The summed E-state index contributed by atoms with van der Waals surface area (Å²) in [4.78, 5) is 23.0. The number of nitrogens with two attached hydrogens (primary N) is 1. The van der Waals surface area contributed by atoms with E-state index in [0.717, 1.165) is 0 Å². The number of hydrogen-bond donors (Lipinski definition) is 6. The van der Waals surface area contributed by atoms with Crippen LogP contribution in [0.1, 0.15) is 13.3 Å². The molecular weight excluding hydrogens is 280 g/mol. The van der Waals surface area contributed by atoms with E-state index in [2.05, 4.69) is 5.32 Å². The second-order valence-corrected chi connectivity index (χ2v) is 4.60. The number of ketones is 2. The molecule has 112 valence electrons. The Kier molecular flexibility index (Phi) is 7.60. The summed E-state index contributed by atoms with van der Waals surface area (Å²) in [6.45, 7) is 1.32. The number of carbonyl (C=O) groups is 2. The van der Waals surface area contributed by atoms with Crippen LogP contribution in [-0.2, 0) is 9.59 Å². The number of rotatable bonds is 9. The van der Waals surface area contributed by atoms with Crippen LogP contribution < -0.4 is 11.1 Å². The van der Waals surface area contributed by atoms with Crippen molar-refractivity contribution in [2.75, 3.05) is 13.1 Å². The molecule has 0 saturated carbocycles. The van der Waals surface area contributed by atoms with Crippen molar-refractivity contribution in [2.24, 2.45) is 5.73 Å². The van der Waals surface area contributed by atoms with E-state index in [1.807, 2.05) is 0 Å². The lowest BCUT2D eigenvalue weighted by Gasteiger charge is -2.23. The molecule has 0 saturated heterocycles. The van der Waals surface area contributed by atoms with E-state index in [1.165, 1.54) is 6.92 Å². The van der Waals surface area contributed by atoms with Crippen LogP contribution in [0.4, 0.5) is 0 Å². The summed E-state index contributed by atoms with van der Waals surface area (Å²) in [7, 11) is 0. The highest BCUT2D eigenvalue weighted by molar-refractivity contribution is 6.50. The van der Waals surface area contributed by atoms with Gasteiger partial charge in [-0.2, -0.15) is 0 Å². The Hall–Kier alpha value is -0.610. The highest BCUT2D eigenvalue weighted by Gasteiger charge is 2.36. The van der Waals surface area contributed by atoms with Gasteiger partial charge in [-0.25, -0.2) is 0 Å². The van der Waals surface area contributed by atoms with E-state index in [9.17, 15) is 24.9 Å². The second kappa shape index (κ2) is 7.85. The predicted molar refractivity (Wildman–Crippen MR) is 66.2 cm³/mol. The highest BCUT2D eigenvalue weighted by Crippen LogP contribution is 2.12. The fraction of sp³-hybridized carbons (Fsp3) is 0.800. The zero-order valence-electron chi connectivity index (χ0n) is 10.4. The minimum Gasteiger partial charge on any atom is -0.391 e. The number of nitrogens with one attached hydrogen (secondary N) is 1. The number of aliphatic hydroxyl groups excluding tert-OH is 2. The highest BCUT2D eigenvalue weighted by atomic mass is 35.5. The Labute approximate surface area is 115 Å². The van der Waals surface area contributed by atoms with E-state index < -0.39 is 41.5 Å². The predicted octanol–water partition coefficient (Wildman–Crippen LogP) is -2.95. The van der Waals surface area contributed by atoms with Crippen LogP contribution in [0.25, 0.3) is 0 Å². The Morgan fingerprint density at radius 3 is 2.32 bits per heavy atom. The van der Waals surface area contributed by atoms with Crippen LogP contribution in [0.3, 0.4) is 0 Å². The van der Waals surface area contributed by atoms with Gasteiger partial charge < -0.3 is 26.2 Å². The molecule has 19 heavy (non-hydrogen) atoms. The van der Waals surface area contributed by atoms with Gasteiger partial charge in [-0.05, 0) is 6.92 Å². The summed E-state index contributed by atoms with van der Waals surface area (Å²) in [5, 5.41) is 37.6. The van der Waals surface area contributed by atoms with Crippen molar-refractivity contribution < 1.29 is 30.0 Å². The minimum atomic E-state index is -2.58. The zero-order valence-corrected chi connectivity index (χ0v) is 11.2. The van der Waals surface area contributed by atoms with Crippen molar-refractivity contribution in [1.82, 2.24) is 5.32 Å². The Balaban J connectivity index is 4.53. The van der Waals surface area contributed by atoms with Crippen LogP contribution >= 0.6 is 11.6 Å². The van der Waals surface area contributed by atoms with Crippen molar-refractivity contribution >= 4 is 23.2 Å². The molecule has 0 aliphatic carbocycles. The van der Waals surface area contributed by atoms with E-state index in [1.54, 1.807) is 0 Å². The molecule has 0 heterocycles. The first-order chi connectivity index (χ1) is 8.62. The summed E-state index contributed by atoms with van der Waals surface area (Å²) in [5.41, 5.74) is 5.13. The van der Waals surface area contributed by atoms with Crippen LogP contribution in [0, 0.1) is 0 Å². The second-order valence-electron chi connectivity index (χ2n) is 4.13. The summed E-state index contributed by atoms with van der Waals surface area (Å²) in [6.07, 6.45) is -3.87. The smallest absolute Gasteiger partial charge is 0.230 e. The van der Waals surface area contributed by atoms with Gasteiger partial charge >= 0.3 is 0 Å². The summed E-state index contributed by atoms with van der Waals surface area (Å²) < 4.78 is 0. The molecule has 0 aliphatic heterocycles. The van der Waals surface area contributed by atoms with Gasteiger partial charge in [-0.15, -0.1) is 11.6 Å². The van der Waals surface area contributed by atoms with Gasteiger partial charge in [0.25, 0.3) is 0 Å². The Morgan fingerprint density at radius 1 is 1.37 bits per heavy atom. The third-order valence-electron chi connectivity index (χ3n) is 2.28. The first kappa shape index (κ1) is 18.4. The van der Waals surface area contributed by atoms with E-state index in [-0.39, 0.29) is 13.1 Å². The first-order valence-corrected chi connectivity index (χ1v) is 6.03. The molecule has 0 amide bonds. The molecule has 0 fully saturated rings. The normalized spacial score (nSPS) is 16.8. The van der Waals surface area contributed by atoms with Gasteiger partial charge in [0.15, 0.2) is 0 Å². The summed E-state index contributed by atoms with van der Waals surface area (Å²) >= 11 is 5.52. The third-order valence-corrected chi connectivity index (χ3v) is 2.74. The average Bonchev–Trinajstić information content (AvgIpc) is 2.32. The maximum atomic E-state index is 11.5. The average molecular weight is 299 g/mol. The van der Waals surface area contributed by atoms with Crippen LogP contribution in [0.15, 0.2) is 0 Å². The maximum Gasteiger partial charge on any atom is 0.230 e. The molecule has 8 nitrogen and oxygen atoms in total. The minimum absolute atomic E-state index is 0.0229. The first-order valence-electron chi connectivity index (χ1n) is 5.59. The molecule has 0 aromatic heterocycles. The quantitative estimate of drug-likeness (QED) is 0.150. The molecule has 0 aliphatic rings. The van der Waals surface area contributed by atoms with Crippen molar-refractivity contribution in [3.05, 3.63) is 0 Å². The number of carbonyl (C=O) groups excluding carboxylic acids is 2. The van der Waals surface area contributed by atoms with Crippen LogP contribution in [-0.4, -0.2) is 68.6 Å². The number of Topliss-reactive ketones (excluding diaryl/α,β-unsaturated/α-hetero) is 2. The number of alkyl halides is 1. The maximum absolute atomic E-state index is 11.5. The van der Waals surface area contributed by atoms with Crippen molar-refractivity contribution in [3.8, 4) is 0 Å². The van der Waals surface area contributed by atoms with Gasteiger partial charge in [0.05, 0.1) is 12.5 Å². The Morgan fingerprint density at radius 2 is 1.89 bits per heavy atom. The summed E-state index contributed by atoms with van der Waals surface area (Å²) in [6, 6.07) is 0. The number of hydrogen-bond acceptors (Lipinski definition) is 8. The lowest BCUT2D eigenvalue weighted by atomic mass is 10.0. The number of halogens is 1. The fourth-order valence-electron chi connectivity index (χ4n) is 1.20. The zero-order chi connectivity index (χ0) is 15.2. The van der Waals surface area contributed by atoms with Gasteiger partial charge in [0.2, 0.25) is 17.5 Å². The monoisotopic (exact) mass is 298 g/mol. The van der Waals surface area contributed by atoms with Crippen molar-refractivity contribution in [1.29, 1.82) is 0 Å². The van der Waals surface area contributed by atoms with Crippen molar-refractivity contribution in [3.63, 3.8) is 0 Å². The molecular formula is C10H19ClN2O6. The van der Waals surface area contributed by atoms with Gasteiger partial charge in [0, 0.05) is 13.1 Å². The molecule has 0 rings (SSSR count). The topological polar surface area (TPSA) is 153 Å². The molecule has 7 N–H and O–H groups in total. The van der Waals surface area contributed by atoms with Crippen LogP contribution in [0.2, 0.25) is 0 Å². The van der Waals surface area contributed by atoms with E-state index >= 15 is 0 Å². The van der Waals surface area contributed by atoms with Crippen molar-refractivity contribution in [2.45, 2.75) is 36.8 Å². The fourth-order valence-corrected chi connectivity index (χ4v) is 1.53. The molecule has 0 aromatic carbocycles. The third kappa shape index (κ3) is 6.39. The van der Waals surface area contributed by atoms with Gasteiger partial charge in [-0.3, -0.25) is 14.9 Å². The van der Waals surface area contributed by atoms with E-state index in [4.69, 9.17) is 22.4 Å². The molecule has 3 atom stereocenters. The molecule has 9 heteroatoms. The molecule has 0 aromatic rings. The lowest BCUT2D eigenvalue weighted by Crippen LogP contribution is -2.50. The van der Waals surface area contributed by atoms with Gasteiger partial charge in [-0.1, -0.05) is 0 Å². The van der Waals surface area contributed by atoms with Crippen LogP contribution in [0.5, 0.6) is 0 Å². The largest absolute Gasteiger partial charge is 0.391 e. The molecule has 3 unspecified atom stereocenters. The lowest BCUT2D eigenvalue weighted by molar-refractivity contribution is -0.191. The Bertz CT molecular complexity index is 323. The molecule has 0 spiro atoms. The van der Waals surface area contributed by atoms with E-state index in [0.29, 0.717) is 0 Å². The molecule has 0 bridgehead atoms. The standard InChI is InChI=1S/C10H19ClN2O6/c1-5(14)8(16)7(11)9(17)6(15)4-10(18,19)13-3-2-12/h5,7-8,13-14,16,18-19H,2-4,12H2,1H3. The SMILES string of the molecule is CC(O)C(O)C(Cl)C(=O)C(=O)CC(O)(O)NCCN.